The molecule has 2 aromatic rings. The van der Waals surface area contributed by atoms with Crippen LogP contribution in [0.2, 0.25) is 0 Å². The Balaban J connectivity index is 1.43. The number of fused-ring (bicyclic) bond motifs is 1. The van der Waals surface area contributed by atoms with Gasteiger partial charge >= 0.3 is 0 Å². The lowest BCUT2D eigenvalue weighted by Gasteiger charge is -2.21. The largest absolute Gasteiger partial charge is 0.378 e. The molecule has 0 spiro atoms. The summed E-state index contributed by atoms with van der Waals surface area (Å²) < 4.78 is 7.39. The number of amides is 1. The highest BCUT2D eigenvalue weighted by atomic mass is 32.1. The maximum Gasteiger partial charge on any atom is 0.222 e. The van der Waals surface area contributed by atoms with E-state index in [2.05, 4.69) is 15.4 Å². The first-order valence-corrected chi connectivity index (χ1v) is 7.85. The average molecular weight is 294 g/mol. The molecule has 1 fully saturated rings. The van der Waals surface area contributed by atoms with Crippen LogP contribution in [0, 0.1) is 0 Å². The van der Waals surface area contributed by atoms with Crippen molar-refractivity contribution in [1.29, 1.82) is 0 Å². The van der Waals surface area contributed by atoms with Gasteiger partial charge in [0.2, 0.25) is 10.9 Å². The summed E-state index contributed by atoms with van der Waals surface area (Å²) in [4.78, 5) is 16.8. The molecule has 7 heteroatoms. The van der Waals surface area contributed by atoms with E-state index in [0.29, 0.717) is 13.0 Å². The molecule has 1 atom stereocenters. The molecule has 20 heavy (non-hydrogen) atoms. The molecular formula is C13H18N4O2S. The molecule has 1 saturated heterocycles. The fraction of sp³-hybridized carbons (Fsp3) is 0.615. The third-order valence-corrected chi connectivity index (χ3v) is 4.36. The van der Waals surface area contributed by atoms with Crippen LogP contribution >= 0.6 is 11.3 Å². The highest BCUT2D eigenvalue weighted by molar-refractivity contribution is 7.15. The molecule has 1 aliphatic rings. The zero-order chi connectivity index (χ0) is 13.8. The smallest absolute Gasteiger partial charge is 0.222 e. The van der Waals surface area contributed by atoms with E-state index in [0.717, 1.165) is 42.9 Å². The highest BCUT2D eigenvalue weighted by Gasteiger charge is 2.17. The van der Waals surface area contributed by atoms with E-state index in [-0.39, 0.29) is 12.0 Å². The van der Waals surface area contributed by atoms with Crippen LogP contribution in [-0.4, -0.2) is 39.8 Å². The van der Waals surface area contributed by atoms with Crippen LogP contribution in [0.5, 0.6) is 0 Å². The molecule has 1 unspecified atom stereocenters. The molecule has 2 aromatic heterocycles. The van der Waals surface area contributed by atoms with Gasteiger partial charge in [-0.2, -0.15) is 5.10 Å². The first-order chi connectivity index (χ1) is 9.83. The molecule has 108 valence electrons. The summed E-state index contributed by atoms with van der Waals surface area (Å²) in [6.07, 6.45) is 6.17. The normalized spacial score (nSPS) is 19.3. The number of thiazole rings is 1. The molecule has 6 nitrogen and oxygen atoms in total. The van der Waals surface area contributed by atoms with Gasteiger partial charge in [-0.3, -0.25) is 4.79 Å². The summed E-state index contributed by atoms with van der Waals surface area (Å²) in [5.74, 6) is 0.0713. The van der Waals surface area contributed by atoms with Gasteiger partial charge in [-0.05, 0) is 19.3 Å². The Morgan fingerprint density at radius 1 is 1.55 bits per heavy atom. The molecule has 0 radical (unpaired) electrons. The van der Waals surface area contributed by atoms with Crippen molar-refractivity contribution in [3.63, 3.8) is 0 Å². The minimum absolute atomic E-state index is 0.0713. The second kappa shape index (κ2) is 6.32. The number of rotatable bonds is 5. The molecule has 0 aromatic carbocycles. The van der Waals surface area contributed by atoms with E-state index < -0.39 is 0 Å². The third-order valence-electron chi connectivity index (χ3n) is 3.48. The van der Waals surface area contributed by atoms with Crippen molar-refractivity contribution in [2.24, 2.45) is 0 Å². The van der Waals surface area contributed by atoms with E-state index >= 15 is 0 Å². The highest BCUT2D eigenvalue weighted by Crippen LogP contribution is 2.15. The number of carbonyl (C=O) groups excluding carboxylic acids is 1. The maximum absolute atomic E-state index is 11.8. The van der Waals surface area contributed by atoms with Crippen LogP contribution in [-0.2, 0) is 16.0 Å². The number of aromatic nitrogens is 3. The first kappa shape index (κ1) is 13.5. The predicted octanol–water partition coefficient (Wildman–Crippen LogP) is 1.41. The van der Waals surface area contributed by atoms with E-state index in [1.807, 2.05) is 9.90 Å². The molecule has 3 rings (SSSR count). The number of nitrogens with one attached hydrogen (secondary N) is 1. The molecule has 0 bridgehead atoms. The number of ether oxygens (including phenoxy) is 1. The van der Waals surface area contributed by atoms with Crippen molar-refractivity contribution in [2.75, 3.05) is 13.2 Å². The Morgan fingerprint density at radius 3 is 3.35 bits per heavy atom. The van der Waals surface area contributed by atoms with E-state index in [1.54, 1.807) is 17.7 Å². The topological polar surface area (TPSA) is 68.5 Å². The van der Waals surface area contributed by atoms with Crippen LogP contribution < -0.4 is 5.32 Å². The van der Waals surface area contributed by atoms with E-state index in [9.17, 15) is 4.79 Å². The zero-order valence-electron chi connectivity index (χ0n) is 11.2. The Labute approximate surface area is 121 Å². The second-order valence-corrected chi connectivity index (χ2v) is 5.81. The lowest BCUT2D eigenvalue weighted by molar-refractivity contribution is -0.124. The van der Waals surface area contributed by atoms with Crippen molar-refractivity contribution >= 4 is 22.2 Å². The van der Waals surface area contributed by atoms with Gasteiger partial charge in [0.1, 0.15) is 6.33 Å². The minimum Gasteiger partial charge on any atom is -0.378 e. The average Bonchev–Trinajstić information content (AvgIpc) is 3.04. The lowest BCUT2D eigenvalue weighted by atomic mass is 10.1. The van der Waals surface area contributed by atoms with Crippen LogP contribution in [0.3, 0.4) is 0 Å². The molecular weight excluding hydrogens is 276 g/mol. The Bertz CT molecular complexity index is 574. The lowest BCUT2D eigenvalue weighted by Crippen LogP contribution is -2.31. The summed E-state index contributed by atoms with van der Waals surface area (Å²) in [6.45, 7) is 1.41. The monoisotopic (exact) mass is 294 g/mol. The fourth-order valence-electron chi connectivity index (χ4n) is 2.42. The minimum atomic E-state index is 0.0713. The van der Waals surface area contributed by atoms with Gasteiger partial charge in [-0.1, -0.05) is 0 Å². The van der Waals surface area contributed by atoms with Gasteiger partial charge in [0, 0.05) is 25.0 Å². The first-order valence-electron chi connectivity index (χ1n) is 6.97. The zero-order valence-corrected chi connectivity index (χ0v) is 12.1. The quantitative estimate of drug-likeness (QED) is 0.905. The summed E-state index contributed by atoms with van der Waals surface area (Å²) in [5, 5.41) is 9.14. The van der Waals surface area contributed by atoms with Gasteiger partial charge in [-0.25, -0.2) is 9.50 Å². The summed E-state index contributed by atoms with van der Waals surface area (Å²) >= 11 is 1.56. The fourth-order valence-corrected chi connectivity index (χ4v) is 3.25. The Hall–Kier alpha value is -1.47. The van der Waals surface area contributed by atoms with Gasteiger partial charge in [0.25, 0.3) is 0 Å². The van der Waals surface area contributed by atoms with Crippen LogP contribution in [0.4, 0.5) is 0 Å². The van der Waals surface area contributed by atoms with Crippen LogP contribution in [0.1, 0.15) is 31.4 Å². The van der Waals surface area contributed by atoms with Crippen molar-refractivity contribution in [3.8, 4) is 0 Å². The second-order valence-electron chi connectivity index (χ2n) is 4.97. The van der Waals surface area contributed by atoms with Crippen molar-refractivity contribution in [2.45, 2.75) is 38.2 Å². The number of carbonyl (C=O) groups is 1. The predicted molar refractivity (Wildman–Crippen MR) is 75.8 cm³/mol. The van der Waals surface area contributed by atoms with E-state index in [4.69, 9.17) is 4.74 Å². The van der Waals surface area contributed by atoms with Crippen LogP contribution in [0.25, 0.3) is 4.96 Å². The van der Waals surface area contributed by atoms with Gasteiger partial charge in [0.05, 0.1) is 18.2 Å². The van der Waals surface area contributed by atoms with Gasteiger partial charge in [0.15, 0.2) is 0 Å². The van der Waals surface area contributed by atoms with Crippen molar-refractivity contribution < 1.29 is 9.53 Å². The SMILES string of the molecule is O=C(CC1CCCCO1)NCCc1csc2ncnn12. The summed E-state index contributed by atoms with van der Waals surface area (Å²) in [5.41, 5.74) is 1.08. The molecule has 3 heterocycles. The van der Waals surface area contributed by atoms with E-state index in [1.165, 1.54) is 0 Å². The summed E-state index contributed by atoms with van der Waals surface area (Å²) in [7, 11) is 0. The summed E-state index contributed by atoms with van der Waals surface area (Å²) in [6, 6.07) is 0. The number of hydrogen-bond donors (Lipinski definition) is 1. The van der Waals surface area contributed by atoms with Gasteiger partial charge in [-0.15, -0.1) is 11.3 Å². The molecule has 1 N–H and O–H groups in total. The molecule has 1 amide bonds. The van der Waals surface area contributed by atoms with Crippen molar-refractivity contribution in [1.82, 2.24) is 19.9 Å². The van der Waals surface area contributed by atoms with Crippen molar-refractivity contribution in [3.05, 3.63) is 17.4 Å². The Morgan fingerprint density at radius 2 is 2.50 bits per heavy atom. The van der Waals surface area contributed by atoms with Gasteiger partial charge < -0.3 is 10.1 Å². The molecule has 1 aliphatic heterocycles. The standard InChI is InChI=1S/C13H18N4O2S/c18-12(7-11-3-1-2-6-19-11)14-5-4-10-8-20-13-15-9-16-17(10)13/h8-9,11H,1-7H2,(H,14,18). The third kappa shape index (κ3) is 3.16. The maximum atomic E-state index is 11.8. The van der Waals surface area contributed by atoms with Crippen LogP contribution in [0.15, 0.2) is 11.7 Å². The number of nitrogens with zero attached hydrogens (tertiary/aromatic N) is 3. The Kier molecular flexibility index (Phi) is 4.27. The molecule has 0 saturated carbocycles. The number of hydrogen-bond acceptors (Lipinski definition) is 5. The molecule has 0 aliphatic carbocycles.